The van der Waals surface area contributed by atoms with E-state index in [4.69, 9.17) is 10.8 Å². The van der Waals surface area contributed by atoms with Crippen molar-refractivity contribution in [3.63, 3.8) is 0 Å². The fourth-order valence-electron chi connectivity index (χ4n) is 1.40. The Morgan fingerprint density at radius 3 is 2.40 bits per heavy atom. The van der Waals surface area contributed by atoms with Gasteiger partial charge >= 0.3 is 5.97 Å². The SMILES string of the molecule is CCC(C)C(S)CCCCC(N)C(=O)O. The molecule has 4 heteroatoms. The molecular formula is C11H23NO2S. The van der Waals surface area contributed by atoms with Crippen molar-refractivity contribution < 1.29 is 9.90 Å². The summed E-state index contributed by atoms with van der Waals surface area (Å²) in [6.45, 7) is 4.36. The van der Waals surface area contributed by atoms with Crippen LogP contribution in [0.4, 0.5) is 0 Å². The van der Waals surface area contributed by atoms with Gasteiger partial charge in [-0.3, -0.25) is 4.79 Å². The first kappa shape index (κ1) is 14.8. The molecule has 0 rings (SSSR count). The number of hydrogen-bond acceptors (Lipinski definition) is 3. The largest absolute Gasteiger partial charge is 0.480 e. The number of aliphatic carboxylic acids is 1. The van der Waals surface area contributed by atoms with Crippen molar-refractivity contribution in [1.82, 2.24) is 0 Å². The Bertz CT molecular complexity index is 187. The van der Waals surface area contributed by atoms with Gasteiger partial charge in [-0.2, -0.15) is 12.6 Å². The molecule has 90 valence electrons. The topological polar surface area (TPSA) is 63.3 Å². The van der Waals surface area contributed by atoms with E-state index in [9.17, 15) is 4.79 Å². The Labute approximate surface area is 97.8 Å². The highest BCUT2D eigenvalue weighted by molar-refractivity contribution is 7.81. The van der Waals surface area contributed by atoms with Crippen molar-refractivity contribution in [2.45, 2.75) is 57.2 Å². The summed E-state index contributed by atoms with van der Waals surface area (Å²) in [5.74, 6) is -0.277. The minimum Gasteiger partial charge on any atom is -0.480 e. The quantitative estimate of drug-likeness (QED) is 0.445. The van der Waals surface area contributed by atoms with Crippen LogP contribution < -0.4 is 5.73 Å². The Morgan fingerprint density at radius 1 is 1.40 bits per heavy atom. The van der Waals surface area contributed by atoms with Crippen molar-refractivity contribution in [3.8, 4) is 0 Å². The monoisotopic (exact) mass is 233 g/mol. The van der Waals surface area contributed by atoms with E-state index in [1.807, 2.05) is 0 Å². The summed E-state index contributed by atoms with van der Waals surface area (Å²) in [7, 11) is 0. The average molecular weight is 233 g/mol. The van der Waals surface area contributed by atoms with Crippen molar-refractivity contribution in [3.05, 3.63) is 0 Å². The van der Waals surface area contributed by atoms with E-state index in [0.29, 0.717) is 17.6 Å². The van der Waals surface area contributed by atoms with Crippen LogP contribution in [-0.4, -0.2) is 22.4 Å². The van der Waals surface area contributed by atoms with Crippen LogP contribution in [0.15, 0.2) is 0 Å². The number of hydrogen-bond donors (Lipinski definition) is 3. The summed E-state index contributed by atoms with van der Waals surface area (Å²) in [5, 5.41) is 9.00. The average Bonchev–Trinajstić information content (AvgIpc) is 2.22. The van der Waals surface area contributed by atoms with E-state index in [-0.39, 0.29) is 0 Å². The predicted molar refractivity (Wildman–Crippen MR) is 66.3 cm³/mol. The second kappa shape index (κ2) is 7.99. The number of unbranched alkanes of at least 4 members (excludes halogenated alkanes) is 1. The van der Waals surface area contributed by atoms with Crippen LogP contribution in [0.25, 0.3) is 0 Å². The molecule has 3 atom stereocenters. The zero-order valence-electron chi connectivity index (χ0n) is 9.65. The molecular weight excluding hydrogens is 210 g/mol. The molecule has 0 amide bonds. The maximum absolute atomic E-state index is 10.4. The van der Waals surface area contributed by atoms with Crippen LogP contribution in [0, 0.1) is 5.92 Å². The van der Waals surface area contributed by atoms with Crippen LogP contribution in [0.2, 0.25) is 0 Å². The van der Waals surface area contributed by atoms with Crippen molar-refractivity contribution >= 4 is 18.6 Å². The Kier molecular flexibility index (Phi) is 7.88. The summed E-state index contributed by atoms with van der Waals surface area (Å²) in [6, 6.07) is -0.702. The van der Waals surface area contributed by atoms with E-state index < -0.39 is 12.0 Å². The first-order valence-corrected chi connectivity index (χ1v) is 6.17. The number of carbonyl (C=O) groups is 1. The lowest BCUT2D eigenvalue weighted by atomic mass is 9.99. The summed E-state index contributed by atoms with van der Waals surface area (Å²) < 4.78 is 0. The fraction of sp³-hybridized carbons (Fsp3) is 0.909. The van der Waals surface area contributed by atoms with Gasteiger partial charge in [0.25, 0.3) is 0 Å². The molecule has 0 spiro atoms. The second-order valence-electron chi connectivity index (χ2n) is 4.18. The maximum Gasteiger partial charge on any atom is 0.320 e. The normalized spacial score (nSPS) is 17.1. The predicted octanol–water partition coefficient (Wildman–Crippen LogP) is 2.30. The molecule has 15 heavy (non-hydrogen) atoms. The highest BCUT2D eigenvalue weighted by Gasteiger charge is 2.13. The Balaban J connectivity index is 3.50. The van der Waals surface area contributed by atoms with E-state index in [1.165, 1.54) is 0 Å². The lowest BCUT2D eigenvalue weighted by molar-refractivity contribution is -0.138. The third-order valence-corrected chi connectivity index (χ3v) is 3.65. The van der Waals surface area contributed by atoms with Gasteiger partial charge in [-0.1, -0.05) is 33.1 Å². The molecule has 0 radical (unpaired) electrons. The molecule has 0 aliphatic rings. The van der Waals surface area contributed by atoms with Gasteiger partial charge in [-0.25, -0.2) is 0 Å². The molecule has 0 bridgehead atoms. The van der Waals surface area contributed by atoms with Crippen LogP contribution in [0.3, 0.4) is 0 Å². The molecule has 0 saturated heterocycles. The minimum absolute atomic E-state index is 0.427. The van der Waals surface area contributed by atoms with Crippen molar-refractivity contribution in [2.24, 2.45) is 11.7 Å². The lowest BCUT2D eigenvalue weighted by Crippen LogP contribution is -2.29. The van der Waals surface area contributed by atoms with Gasteiger partial charge in [-0.05, 0) is 18.8 Å². The third-order valence-electron chi connectivity index (χ3n) is 2.88. The smallest absolute Gasteiger partial charge is 0.320 e. The summed E-state index contributed by atoms with van der Waals surface area (Å²) in [4.78, 5) is 10.4. The Morgan fingerprint density at radius 2 is 1.93 bits per heavy atom. The van der Waals surface area contributed by atoms with Crippen LogP contribution in [0.1, 0.15) is 46.0 Å². The molecule has 3 unspecified atom stereocenters. The zero-order chi connectivity index (χ0) is 11.8. The van der Waals surface area contributed by atoms with Crippen molar-refractivity contribution in [1.29, 1.82) is 0 Å². The van der Waals surface area contributed by atoms with E-state index in [0.717, 1.165) is 25.7 Å². The first-order chi connectivity index (χ1) is 6.99. The fourth-order valence-corrected chi connectivity index (χ4v) is 1.79. The molecule has 0 aromatic rings. The highest BCUT2D eigenvalue weighted by atomic mass is 32.1. The van der Waals surface area contributed by atoms with E-state index in [1.54, 1.807) is 0 Å². The first-order valence-electron chi connectivity index (χ1n) is 5.65. The third kappa shape index (κ3) is 6.79. The lowest BCUT2D eigenvalue weighted by Gasteiger charge is -2.17. The Hall–Kier alpha value is -0.220. The number of thiol groups is 1. The molecule has 3 N–H and O–H groups in total. The van der Waals surface area contributed by atoms with Crippen LogP contribution in [-0.2, 0) is 4.79 Å². The van der Waals surface area contributed by atoms with Gasteiger partial charge in [0.1, 0.15) is 6.04 Å². The van der Waals surface area contributed by atoms with Gasteiger partial charge in [-0.15, -0.1) is 0 Å². The molecule has 0 aliphatic carbocycles. The van der Waals surface area contributed by atoms with Gasteiger partial charge < -0.3 is 10.8 Å². The molecule has 0 aromatic carbocycles. The van der Waals surface area contributed by atoms with Crippen LogP contribution in [0.5, 0.6) is 0 Å². The molecule has 0 heterocycles. The summed E-state index contributed by atoms with van der Waals surface area (Å²) in [6.07, 6.45) is 4.64. The van der Waals surface area contributed by atoms with E-state index >= 15 is 0 Å². The number of carboxylic acid groups (broad SMARTS) is 1. The summed E-state index contributed by atoms with van der Waals surface area (Å²) in [5.41, 5.74) is 5.40. The molecule has 0 aliphatic heterocycles. The molecule has 0 aromatic heterocycles. The van der Waals surface area contributed by atoms with Gasteiger partial charge in [0.05, 0.1) is 0 Å². The highest BCUT2D eigenvalue weighted by Crippen LogP contribution is 2.19. The van der Waals surface area contributed by atoms with Crippen molar-refractivity contribution in [2.75, 3.05) is 0 Å². The second-order valence-corrected chi connectivity index (χ2v) is 4.85. The molecule has 0 saturated carbocycles. The van der Waals surface area contributed by atoms with Gasteiger partial charge in [0.15, 0.2) is 0 Å². The van der Waals surface area contributed by atoms with Gasteiger partial charge in [0.2, 0.25) is 0 Å². The van der Waals surface area contributed by atoms with E-state index in [2.05, 4.69) is 26.5 Å². The number of carboxylic acids is 1. The summed E-state index contributed by atoms with van der Waals surface area (Å²) >= 11 is 4.52. The zero-order valence-corrected chi connectivity index (χ0v) is 10.5. The van der Waals surface area contributed by atoms with Crippen LogP contribution >= 0.6 is 12.6 Å². The van der Waals surface area contributed by atoms with Gasteiger partial charge in [0, 0.05) is 5.25 Å². The number of nitrogens with two attached hydrogens (primary N) is 1. The number of rotatable bonds is 8. The minimum atomic E-state index is -0.903. The maximum atomic E-state index is 10.4. The molecule has 3 nitrogen and oxygen atoms in total. The standard InChI is InChI=1S/C11H23NO2S/c1-3-8(2)10(15)7-5-4-6-9(12)11(13)14/h8-10,15H,3-7,12H2,1-2H3,(H,13,14). The molecule has 0 fully saturated rings.